The lowest BCUT2D eigenvalue weighted by atomic mass is 10.1. The summed E-state index contributed by atoms with van der Waals surface area (Å²) in [6.07, 6.45) is 0.968. The van der Waals surface area contributed by atoms with Gasteiger partial charge < -0.3 is 14.8 Å². The molecule has 0 aliphatic carbocycles. The van der Waals surface area contributed by atoms with E-state index in [-0.39, 0.29) is 0 Å². The van der Waals surface area contributed by atoms with Crippen LogP contribution in [-0.2, 0) is 13.1 Å². The molecule has 0 amide bonds. The Bertz CT molecular complexity index is 587. The van der Waals surface area contributed by atoms with Gasteiger partial charge in [-0.15, -0.1) is 0 Å². The maximum atomic E-state index is 5.88. The number of halogens is 1. The van der Waals surface area contributed by atoms with Gasteiger partial charge in [-0.25, -0.2) is 0 Å². The first-order valence-corrected chi connectivity index (χ1v) is 8.27. The monoisotopic (exact) mass is 363 g/mol. The minimum Gasteiger partial charge on any atom is -0.493 e. The van der Waals surface area contributed by atoms with Gasteiger partial charge in [0.1, 0.15) is 0 Å². The van der Waals surface area contributed by atoms with Crippen molar-refractivity contribution < 1.29 is 9.47 Å². The molecule has 0 saturated heterocycles. The van der Waals surface area contributed by atoms with E-state index < -0.39 is 0 Å². The normalized spacial score (nSPS) is 10.5. The Morgan fingerprint density at radius 3 is 2.55 bits per heavy atom. The van der Waals surface area contributed by atoms with Gasteiger partial charge in [0, 0.05) is 23.1 Å². The van der Waals surface area contributed by atoms with Crippen molar-refractivity contribution in [3.8, 4) is 11.5 Å². The van der Waals surface area contributed by atoms with Crippen molar-refractivity contribution in [1.29, 1.82) is 0 Å². The zero-order valence-electron chi connectivity index (χ0n) is 13.1. The molecular formula is C18H22BrNO2. The fraction of sp³-hybridized carbons (Fsp3) is 0.333. The number of rotatable bonds is 8. The molecule has 0 atom stereocenters. The third kappa shape index (κ3) is 4.75. The average molecular weight is 364 g/mol. The molecule has 0 saturated carbocycles. The van der Waals surface area contributed by atoms with Crippen molar-refractivity contribution in [2.24, 2.45) is 0 Å². The molecule has 0 radical (unpaired) electrons. The fourth-order valence-corrected chi connectivity index (χ4v) is 2.70. The minimum atomic E-state index is 0.684. The van der Waals surface area contributed by atoms with Crippen LogP contribution in [0.15, 0.2) is 46.9 Å². The van der Waals surface area contributed by atoms with E-state index in [1.807, 2.05) is 12.1 Å². The molecule has 0 heterocycles. The van der Waals surface area contributed by atoms with Crippen LogP contribution in [0.1, 0.15) is 24.5 Å². The van der Waals surface area contributed by atoms with Gasteiger partial charge in [0.05, 0.1) is 13.7 Å². The van der Waals surface area contributed by atoms with E-state index in [9.17, 15) is 0 Å². The van der Waals surface area contributed by atoms with Gasteiger partial charge in [-0.3, -0.25) is 0 Å². The molecule has 4 heteroatoms. The van der Waals surface area contributed by atoms with Crippen molar-refractivity contribution in [3.05, 3.63) is 58.1 Å². The topological polar surface area (TPSA) is 30.5 Å². The van der Waals surface area contributed by atoms with Crippen LogP contribution in [0, 0.1) is 0 Å². The number of hydrogen-bond donors (Lipinski definition) is 1. The summed E-state index contributed by atoms with van der Waals surface area (Å²) < 4.78 is 12.3. The molecule has 3 nitrogen and oxygen atoms in total. The van der Waals surface area contributed by atoms with Gasteiger partial charge >= 0.3 is 0 Å². The Morgan fingerprint density at radius 1 is 1.09 bits per heavy atom. The van der Waals surface area contributed by atoms with E-state index >= 15 is 0 Å². The molecule has 0 unspecified atom stereocenters. The van der Waals surface area contributed by atoms with Crippen molar-refractivity contribution in [2.45, 2.75) is 26.4 Å². The van der Waals surface area contributed by atoms with Crippen LogP contribution in [0.3, 0.4) is 0 Å². The van der Waals surface area contributed by atoms with Crippen molar-refractivity contribution in [2.75, 3.05) is 13.7 Å². The van der Waals surface area contributed by atoms with E-state index in [1.165, 1.54) is 5.56 Å². The maximum Gasteiger partial charge on any atom is 0.165 e. The lowest BCUT2D eigenvalue weighted by Gasteiger charge is -2.16. The van der Waals surface area contributed by atoms with Gasteiger partial charge in [0.2, 0.25) is 0 Å². The van der Waals surface area contributed by atoms with Crippen LogP contribution in [0.4, 0.5) is 0 Å². The summed E-state index contributed by atoms with van der Waals surface area (Å²) in [6.45, 7) is 4.33. The van der Waals surface area contributed by atoms with E-state index in [4.69, 9.17) is 9.47 Å². The Labute approximate surface area is 140 Å². The predicted molar refractivity (Wildman–Crippen MR) is 93.5 cm³/mol. The molecule has 0 aliphatic rings. The first kappa shape index (κ1) is 16.8. The smallest absolute Gasteiger partial charge is 0.165 e. The summed E-state index contributed by atoms with van der Waals surface area (Å²) >= 11 is 3.53. The minimum absolute atomic E-state index is 0.684. The van der Waals surface area contributed by atoms with Gasteiger partial charge in [0.25, 0.3) is 0 Å². The maximum absolute atomic E-state index is 5.88. The largest absolute Gasteiger partial charge is 0.493 e. The summed E-state index contributed by atoms with van der Waals surface area (Å²) in [5.74, 6) is 1.59. The molecule has 2 aromatic rings. The average Bonchev–Trinajstić information content (AvgIpc) is 2.54. The highest BCUT2D eigenvalue weighted by atomic mass is 79.9. The van der Waals surface area contributed by atoms with Crippen LogP contribution < -0.4 is 14.8 Å². The second kappa shape index (κ2) is 8.81. The van der Waals surface area contributed by atoms with Crippen molar-refractivity contribution in [1.82, 2.24) is 5.32 Å². The molecule has 0 aromatic heterocycles. The third-order valence-corrected chi connectivity index (χ3v) is 3.71. The summed E-state index contributed by atoms with van der Waals surface area (Å²) in [6, 6.07) is 14.4. The highest BCUT2D eigenvalue weighted by Crippen LogP contribution is 2.35. The third-order valence-electron chi connectivity index (χ3n) is 3.25. The quantitative estimate of drug-likeness (QED) is 0.746. The summed E-state index contributed by atoms with van der Waals surface area (Å²) in [5, 5.41) is 3.46. The Kier molecular flexibility index (Phi) is 6.74. The number of hydrogen-bond acceptors (Lipinski definition) is 3. The zero-order chi connectivity index (χ0) is 15.8. The zero-order valence-corrected chi connectivity index (χ0v) is 14.7. The number of ether oxygens (including phenoxy) is 2. The fourth-order valence-electron chi connectivity index (χ4n) is 2.21. The van der Waals surface area contributed by atoms with E-state index in [0.717, 1.165) is 41.0 Å². The van der Waals surface area contributed by atoms with Crippen molar-refractivity contribution >= 4 is 15.9 Å². The molecule has 118 valence electrons. The molecule has 0 aliphatic heterocycles. The predicted octanol–water partition coefficient (Wildman–Crippen LogP) is 4.54. The number of benzene rings is 2. The molecule has 0 fully saturated rings. The first-order valence-electron chi connectivity index (χ1n) is 7.48. The highest BCUT2D eigenvalue weighted by Gasteiger charge is 2.12. The molecular weight excluding hydrogens is 342 g/mol. The van der Waals surface area contributed by atoms with Gasteiger partial charge in [0.15, 0.2) is 11.5 Å². The van der Waals surface area contributed by atoms with Gasteiger partial charge in [-0.1, -0.05) is 53.2 Å². The molecule has 0 bridgehead atoms. The van der Waals surface area contributed by atoms with Gasteiger partial charge in [-0.05, 0) is 24.1 Å². The second-order valence-corrected chi connectivity index (χ2v) is 5.95. The summed E-state index contributed by atoms with van der Waals surface area (Å²) in [5.41, 5.74) is 2.36. The molecule has 2 aromatic carbocycles. The van der Waals surface area contributed by atoms with Crippen LogP contribution in [0.25, 0.3) is 0 Å². The van der Waals surface area contributed by atoms with Gasteiger partial charge in [-0.2, -0.15) is 0 Å². The van der Waals surface area contributed by atoms with Crippen LogP contribution in [-0.4, -0.2) is 13.7 Å². The van der Waals surface area contributed by atoms with E-state index in [1.54, 1.807) is 7.11 Å². The highest BCUT2D eigenvalue weighted by molar-refractivity contribution is 9.10. The molecule has 22 heavy (non-hydrogen) atoms. The summed E-state index contributed by atoms with van der Waals surface area (Å²) in [4.78, 5) is 0. The number of nitrogens with one attached hydrogen (secondary N) is 1. The standard InChI is InChI=1S/C18H22BrNO2/c1-3-9-22-18-15(10-16(19)11-17(18)21-2)13-20-12-14-7-5-4-6-8-14/h4-8,10-11,20H,3,9,12-13H2,1-2H3. The Hall–Kier alpha value is -1.52. The molecule has 2 rings (SSSR count). The molecule has 1 N–H and O–H groups in total. The van der Waals surface area contributed by atoms with Crippen LogP contribution >= 0.6 is 15.9 Å². The number of methoxy groups -OCH3 is 1. The van der Waals surface area contributed by atoms with E-state index in [0.29, 0.717) is 6.61 Å². The van der Waals surface area contributed by atoms with Crippen LogP contribution in [0.5, 0.6) is 11.5 Å². The van der Waals surface area contributed by atoms with Crippen molar-refractivity contribution in [3.63, 3.8) is 0 Å². The molecule has 0 spiro atoms. The SMILES string of the molecule is CCCOc1c(CNCc2ccccc2)cc(Br)cc1OC. The summed E-state index contributed by atoms with van der Waals surface area (Å²) in [7, 11) is 1.67. The first-order chi connectivity index (χ1) is 10.7. The Morgan fingerprint density at radius 2 is 1.86 bits per heavy atom. The lowest BCUT2D eigenvalue weighted by Crippen LogP contribution is -2.14. The Balaban J connectivity index is 2.09. The van der Waals surface area contributed by atoms with E-state index in [2.05, 4.69) is 58.5 Å². The van der Waals surface area contributed by atoms with Crippen LogP contribution in [0.2, 0.25) is 0 Å². The lowest BCUT2D eigenvalue weighted by molar-refractivity contribution is 0.290. The second-order valence-electron chi connectivity index (χ2n) is 5.03.